The minimum Gasteiger partial charge on any atom is -0.480 e. The van der Waals surface area contributed by atoms with Gasteiger partial charge in [-0.05, 0) is 12.0 Å². The van der Waals surface area contributed by atoms with Gasteiger partial charge in [0.25, 0.3) is 10.1 Å². The summed E-state index contributed by atoms with van der Waals surface area (Å²) in [6.45, 7) is 0. The number of nitrogens with one attached hydrogen (secondary N) is 1. The van der Waals surface area contributed by atoms with E-state index in [0.717, 1.165) is 0 Å². The molecule has 122 valence electrons. The van der Waals surface area contributed by atoms with E-state index in [-0.39, 0.29) is 12.8 Å². The molecule has 0 saturated carbocycles. The van der Waals surface area contributed by atoms with Gasteiger partial charge in [-0.15, -0.1) is 0 Å². The van der Waals surface area contributed by atoms with Crippen LogP contribution in [0.1, 0.15) is 24.5 Å². The molecular formula is C13H17NO7S. The molecule has 0 bridgehead atoms. The van der Waals surface area contributed by atoms with Crippen molar-refractivity contribution < 1.29 is 32.8 Å². The number of aliphatic carboxylic acids is 1. The van der Waals surface area contributed by atoms with Gasteiger partial charge in [-0.3, -0.25) is 9.35 Å². The van der Waals surface area contributed by atoms with Gasteiger partial charge < -0.3 is 15.5 Å². The van der Waals surface area contributed by atoms with E-state index >= 15 is 0 Å². The first-order valence-electron chi connectivity index (χ1n) is 6.39. The number of aliphatic hydroxyl groups is 1. The number of hydrogen-bond donors (Lipinski definition) is 4. The molecule has 0 aliphatic heterocycles. The first-order valence-corrected chi connectivity index (χ1v) is 8.00. The Hall–Kier alpha value is -1.97. The van der Waals surface area contributed by atoms with Crippen molar-refractivity contribution in [1.82, 2.24) is 5.32 Å². The van der Waals surface area contributed by atoms with Crippen molar-refractivity contribution in [1.29, 1.82) is 0 Å². The van der Waals surface area contributed by atoms with Crippen LogP contribution in [0.5, 0.6) is 0 Å². The van der Waals surface area contributed by atoms with Crippen molar-refractivity contribution in [2.24, 2.45) is 0 Å². The molecule has 0 aliphatic carbocycles. The van der Waals surface area contributed by atoms with Gasteiger partial charge in [0.05, 0.1) is 6.10 Å². The molecule has 0 spiro atoms. The second-order valence-corrected chi connectivity index (χ2v) is 6.17. The molecule has 9 heteroatoms. The lowest BCUT2D eigenvalue weighted by Gasteiger charge is -2.14. The molecule has 1 unspecified atom stereocenters. The Morgan fingerprint density at radius 2 is 1.77 bits per heavy atom. The quantitative estimate of drug-likeness (QED) is 0.490. The molecular weight excluding hydrogens is 314 g/mol. The molecule has 1 aromatic rings. The highest BCUT2D eigenvalue weighted by Crippen LogP contribution is 2.17. The second-order valence-electron chi connectivity index (χ2n) is 4.67. The Morgan fingerprint density at radius 1 is 1.18 bits per heavy atom. The number of rotatable bonds is 8. The van der Waals surface area contributed by atoms with Crippen molar-refractivity contribution in [2.45, 2.75) is 25.0 Å². The van der Waals surface area contributed by atoms with E-state index in [1.165, 1.54) is 0 Å². The summed E-state index contributed by atoms with van der Waals surface area (Å²) in [5.41, 5.74) is 0.614. The fourth-order valence-electron chi connectivity index (χ4n) is 1.76. The minimum atomic E-state index is -4.53. The summed E-state index contributed by atoms with van der Waals surface area (Å²) in [6.07, 6.45) is -1.03. The minimum absolute atomic E-state index is 0.0497. The van der Waals surface area contributed by atoms with E-state index in [1.807, 2.05) is 5.32 Å². The molecule has 22 heavy (non-hydrogen) atoms. The Labute approximate surface area is 127 Å². The van der Waals surface area contributed by atoms with Gasteiger partial charge in [-0.1, -0.05) is 30.3 Å². The molecule has 8 nitrogen and oxygen atoms in total. The van der Waals surface area contributed by atoms with E-state index in [1.54, 1.807) is 30.3 Å². The standard InChI is InChI=1S/C13H17NO7S/c15-11(9-4-2-1-3-5-9)6-7-12(16)14-10(13(17)18)8-22(19,20)21/h1-5,10-11,15H,6-8H2,(H,14,16)(H,17,18)(H,19,20,21)/t10-,11?/m0/s1. The van der Waals surface area contributed by atoms with E-state index in [4.69, 9.17) is 9.66 Å². The zero-order valence-electron chi connectivity index (χ0n) is 11.5. The third kappa shape index (κ3) is 6.66. The van der Waals surface area contributed by atoms with Gasteiger partial charge in [-0.25, -0.2) is 4.79 Å². The highest BCUT2D eigenvalue weighted by molar-refractivity contribution is 7.85. The molecule has 0 fully saturated rings. The fraction of sp³-hybridized carbons (Fsp3) is 0.385. The third-order valence-corrected chi connectivity index (χ3v) is 3.59. The normalized spacial score (nSPS) is 14.1. The van der Waals surface area contributed by atoms with E-state index < -0.39 is 39.9 Å². The SMILES string of the molecule is O=C(CCC(O)c1ccccc1)N[C@@H](CS(=O)(=O)O)C(=O)O. The molecule has 0 radical (unpaired) electrons. The van der Waals surface area contributed by atoms with E-state index in [0.29, 0.717) is 5.56 Å². The summed E-state index contributed by atoms with van der Waals surface area (Å²) in [5.74, 6) is -3.42. The largest absolute Gasteiger partial charge is 0.480 e. The number of carbonyl (C=O) groups excluding carboxylic acids is 1. The highest BCUT2D eigenvalue weighted by Gasteiger charge is 2.25. The summed E-state index contributed by atoms with van der Waals surface area (Å²) >= 11 is 0. The summed E-state index contributed by atoms with van der Waals surface area (Å²) in [7, 11) is -4.53. The lowest BCUT2D eigenvalue weighted by Crippen LogP contribution is -2.45. The highest BCUT2D eigenvalue weighted by atomic mass is 32.2. The maximum atomic E-state index is 11.6. The maximum Gasteiger partial charge on any atom is 0.327 e. The number of aliphatic hydroxyl groups excluding tert-OH is 1. The van der Waals surface area contributed by atoms with E-state index in [2.05, 4.69) is 0 Å². The van der Waals surface area contributed by atoms with Gasteiger partial charge in [0, 0.05) is 6.42 Å². The first kappa shape index (κ1) is 18.1. The fourth-order valence-corrected chi connectivity index (χ4v) is 2.41. The number of benzene rings is 1. The number of hydrogen-bond acceptors (Lipinski definition) is 5. The van der Waals surface area contributed by atoms with Gasteiger partial charge in [0.2, 0.25) is 5.91 Å². The summed E-state index contributed by atoms with van der Waals surface area (Å²) < 4.78 is 30.0. The van der Waals surface area contributed by atoms with Gasteiger partial charge in [0.15, 0.2) is 0 Å². The number of carbonyl (C=O) groups is 2. The Balaban J connectivity index is 2.52. The Bertz CT molecular complexity index is 615. The van der Waals surface area contributed by atoms with Crippen molar-refractivity contribution in [2.75, 3.05) is 5.75 Å². The van der Waals surface area contributed by atoms with Crippen LogP contribution < -0.4 is 5.32 Å². The smallest absolute Gasteiger partial charge is 0.327 e. The predicted octanol–water partition coefficient (Wildman–Crippen LogP) is -0.0426. The van der Waals surface area contributed by atoms with Crippen LogP contribution in [0.15, 0.2) is 30.3 Å². The van der Waals surface area contributed by atoms with Crippen LogP contribution in [0, 0.1) is 0 Å². The monoisotopic (exact) mass is 331 g/mol. The van der Waals surface area contributed by atoms with Crippen LogP contribution >= 0.6 is 0 Å². The molecule has 2 atom stereocenters. The molecule has 1 rings (SSSR count). The first-order chi connectivity index (χ1) is 10.2. The van der Waals surface area contributed by atoms with Gasteiger partial charge in [0.1, 0.15) is 11.8 Å². The molecule has 4 N–H and O–H groups in total. The predicted molar refractivity (Wildman–Crippen MR) is 76.6 cm³/mol. The van der Waals surface area contributed by atoms with Crippen LogP contribution in [0.3, 0.4) is 0 Å². The summed E-state index contributed by atoms with van der Waals surface area (Å²) in [4.78, 5) is 22.5. The van der Waals surface area contributed by atoms with Crippen LogP contribution in [0.4, 0.5) is 0 Å². The molecule has 0 aromatic heterocycles. The average molecular weight is 331 g/mol. The average Bonchev–Trinajstić information content (AvgIpc) is 2.43. The van der Waals surface area contributed by atoms with Crippen molar-refractivity contribution >= 4 is 22.0 Å². The zero-order valence-corrected chi connectivity index (χ0v) is 12.4. The molecule has 0 heterocycles. The van der Waals surface area contributed by atoms with Crippen molar-refractivity contribution in [3.8, 4) is 0 Å². The molecule has 0 saturated heterocycles. The van der Waals surface area contributed by atoms with Crippen LogP contribution in [0.25, 0.3) is 0 Å². The summed E-state index contributed by atoms with van der Waals surface area (Å²) in [5, 5.41) is 20.7. The molecule has 0 aliphatic rings. The molecule has 1 amide bonds. The third-order valence-electron chi connectivity index (χ3n) is 2.84. The van der Waals surface area contributed by atoms with E-state index in [9.17, 15) is 23.1 Å². The number of carboxylic acids is 1. The van der Waals surface area contributed by atoms with Crippen LogP contribution in [-0.4, -0.2) is 46.9 Å². The zero-order chi connectivity index (χ0) is 16.8. The Kier molecular flexibility index (Phi) is 6.47. The lowest BCUT2D eigenvalue weighted by atomic mass is 10.0. The van der Waals surface area contributed by atoms with Crippen LogP contribution in [-0.2, 0) is 19.7 Å². The number of amides is 1. The van der Waals surface area contributed by atoms with Gasteiger partial charge in [-0.2, -0.15) is 8.42 Å². The van der Waals surface area contributed by atoms with Gasteiger partial charge >= 0.3 is 5.97 Å². The lowest BCUT2D eigenvalue weighted by molar-refractivity contribution is -0.141. The van der Waals surface area contributed by atoms with Crippen LogP contribution in [0.2, 0.25) is 0 Å². The maximum absolute atomic E-state index is 11.6. The Morgan fingerprint density at radius 3 is 2.27 bits per heavy atom. The van der Waals surface area contributed by atoms with Crippen molar-refractivity contribution in [3.63, 3.8) is 0 Å². The second kappa shape index (κ2) is 7.87. The summed E-state index contributed by atoms with van der Waals surface area (Å²) in [6, 6.07) is 6.85. The molecule has 1 aromatic carbocycles. The van der Waals surface area contributed by atoms with Crippen molar-refractivity contribution in [3.05, 3.63) is 35.9 Å². The topological polar surface area (TPSA) is 141 Å². The number of carboxylic acid groups (broad SMARTS) is 1.